The molecule has 7 heteroatoms. The first kappa shape index (κ1) is 19.0. The molecule has 2 aromatic carbocycles. The summed E-state index contributed by atoms with van der Waals surface area (Å²) >= 11 is 1.28. The number of aromatic nitrogens is 1. The van der Waals surface area contributed by atoms with E-state index in [1.54, 1.807) is 18.2 Å². The van der Waals surface area contributed by atoms with E-state index in [2.05, 4.69) is 15.9 Å². The number of carboxylic acids is 1. The number of nitrogens with zero attached hydrogens (tertiary/aromatic N) is 3. The lowest BCUT2D eigenvalue weighted by molar-refractivity contribution is 0.0697. The summed E-state index contributed by atoms with van der Waals surface area (Å²) in [5.41, 5.74) is 8.59. The Morgan fingerprint density at radius 3 is 2.64 bits per heavy atom. The van der Waals surface area contributed by atoms with Gasteiger partial charge in [0.05, 0.1) is 17.7 Å². The van der Waals surface area contributed by atoms with Crippen LogP contribution >= 0.6 is 11.8 Å². The molecule has 0 unspecified atom stereocenters. The van der Waals surface area contributed by atoms with E-state index in [0.29, 0.717) is 21.9 Å². The normalized spacial score (nSPS) is 10.1. The highest BCUT2D eigenvalue weighted by molar-refractivity contribution is 7.98. The van der Waals surface area contributed by atoms with E-state index >= 15 is 0 Å². The average Bonchev–Trinajstić information content (AvgIpc) is 2.72. The second-order valence-corrected chi connectivity index (χ2v) is 6.75. The number of aromatic carboxylic acids is 1. The zero-order chi connectivity index (χ0) is 20.1. The van der Waals surface area contributed by atoms with E-state index in [9.17, 15) is 10.1 Å². The van der Waals surface area contributed by atoms with Crippen LogP contribution in [0.5, 0.6) is 0 Å². The predicted molar refractivity (Wildman–Crippen MR) is 108 cm³/mol. The molecule has 1 heterocycles. The van der Waals surface area contributed by atoms with Crippen molar-refractivity contribution < 1.29 is 9.90 Å². The molecule has 0 aliphatic carbocycles. The maximum atomic E-state index is 11.1. The van der Waals surface area contributed by atoms with Crippen LogP contribution in [0.1, 0.15) is 21.5 Å². The minimum absolute atomic E-state index is 0.0645. The second kappa shape index (κ2) is 8.26. The van der Waals surface area contributed by atoms with Crippen molar-refractivity contribution in [1.29, 1.82) is 5.26 Å². The smallest absolute Gasteiger partial charge is 0.335 e. The molecule has 28 heavy (non-hydrogen) atoms. The van der Waals surface area contributed by atoms with Crippen molar-refractivity contribution in [3.8, 4) is 17.2 Å². The van der Waals surface area contributed by atoms with Crippen molar-refractivity contribution in [2.75, 3.05) is 5.73 Å². The van der Waals surface area contributed by atoms with E-state index in [1.807, 2.05) is 30.3 Å². The van der Waals surface area contributed by atoms with Crippen LogP contribution in [0.4, 0.5) is 11.5 Å². The number of pyridine rings is 1. The first-order chi connectivity index (χ1) is 13.5. The topological polar surface area (TPSA) is 104 Å². The zero-order valence-electron chi connectivity index (χ0n) is 14.6. The Balaban J connectivity index is 2.04. The SMILES string of the molecule is [C-]#[N+]c1c(N)nc(SCc2cccc(C(=O)O)c2)c(C#N)c1-c1ccccc1. The number of nitrogens with two attached hydrogens (primary N) is 1. The molecule has 3 rings (SSSR count). The van der Waals surface area contributed by atoms with Gasteiger partial charge >= 0.3 is 5.97 Å². The van der Waals surface area contributed by atoms with Crippen LogP contribution < -0.4 is 5.73 Å². The van der Waals surface area contributed by atoms with Crippen LogP contribution in [0.25, 0.3) is 16.0 Å². The number of nitriles is 1. The lowest BCUT2D eigenvalue weighted by Crippen LogP contribution is -2.00. The van der Waals surface area contributed by atoms with Gasteiger partial charge in [-0.15, -0.1) is 11.8 Å². The molecule has 0 amide bonds. The summed E-state index contributed by atoms with van der Waals surface area (Å²) in [7, 11) is 0. The summed E-state index contributed by atoms with van der Waals surface area (Å²) in [6.45, 7) is 7.45. The van der Waals surface area contributed by atoms with Crippen molar-refractivity contribution in [2.45, 2.75) is 10.8 Å². The van der Waals surface area contributed by atoms with E-state index in [0.717, 1.165) is 5.56 Å². The Morgan fingerprint density at radius 2 is 2.00 bits per heavy atom. The van der Waals surface area contributed by atoms with Gasteiger partial charge in [0.15, 0.2) is 0 Å². The van der Waals surface area contributed by atoms with Crippen molar-refractivity contribution in [3.63, 3.8) is 0 Å². The van der Waals surface area contributed by atoms with Gasteiger partial charge in [-0.1, -0.05) is 42.5 Å². The lowest BCUT2D eigenvalue weighted by atomic mass is 10.00. The number of anilines is 1. The third-order valence-electron chi connectivity index (χ3n) is 4.00. The van der Waals surface area contributed by atoms with Crippen LogP contribution in [0.15, 0.2) is 59.6 Å². The molecule has 0 atom stereocenters. The number of rotatable bonds is 5. The lowest BCUT2D eigenvalue weighted by Gasteiger charge is -2.13. The first-order valence-electron chi connectivity index (χ1n) is 8.16. The first-order valence-corrected chi connectivity index (χ1v) is 9.15. The highest BCUT2D eigenvalue weighted by atomic mass is 32.2. The molecule has 0 radical (unpaired) electrons. The number of carbonyl (C=O) groups is 1. The van der Waals surface area contributed by atoms with Gasteiger partial charge in [-0.25, -0.2) is 14.6 Å². The highest BCUT2D eigenvalue weighted by Crippen LogP contribution is 2.41. The molecule has 0 aliphatic heterocycles. The molecule has 0 saturated heterocycles. The van der Waals surface area contributed by atoms with Gasteiger partial charge in [0.1, 0.15) is 16.9 Å². The van der Waals surface area contributed by atoms with E-state index in [1.165, 1.54) is 17.8 Å². The minimum atomic E-state index is -1.00. The molecule has 3 aromatic rings. The predicted octanol–water partition coefficient (Wildman–Crippen LogP) is 4.74. The summed E-state index contributed by atoms with van der Waals surface area (Å²) in [6.07, 6.45) is 0. The van der Waals surface area contributed by atoms with Crippen LogP contribution in [-0.2, 0) is 5.75 Å². The quantitative estimate of drug-likeness (QED) is 0.485. The molecular weight excluding hydrogens is 372 g/mol. The third kappa shape index (κ3) is 3.80. The third-order valence-corrected chi connectivity index (χ3v) is 5.05. The summed E-state index contributed by atoms with van der Waals surface area (Å²) in [4.78, 5) is 18.9. The van der Waals surface area contributed by atoms with Gasteiger partial charge in [-0.3, -0.25) is 0 Å². The molecule has 0 bridgehead atoms. The van der Waals surface area contributed by atoms with Gasteiger partial charge in [-0.2, -0.15) is 5.26 Å². The van der Waals surface area contributed by atoms with Crippen LogP contribution in [-0.4, -0.2) is 16.1 Å². The molecule has 6 nitrogen and oxygen atoms in total. The molecule has 3 N–H and O–H groups in total. The van der Waals surface area contributed by atoms with Crippen LogP contribution in [0.3, 0.4) is 0 Å². The molecule has 0 aliphatic rings. The van der Waals surface area contributed by atoms with Crippen molar-refractivity contribution in [3.05, 3.63) is 82.7 Å². The van der Waals surface area contributed by atoms with Gasteiger partial charge in [0.25, 0.3) is 0 Å². The minimum Gasteiger partial charge on any atom is -0.478 e. The molecule has 136 valence electrons. The number of nitrogen functional groups attached to an aromatic ring is 1. The summed E-state index contributed by atoms with van der Waals surface area (Å²) in [5, 5.41) is 19.3. The van der Waals surface area contributed by atoms with E-state index < -0.39 is 5.97 Å². The Labute approximate surface area is 166 Å². The maximum Gasteiger partial charge on any atom is 0.335 e. The highest BCUT2D eigenvalue weighted by Gasteiger charge is 2.20. The van der Waals surface area contributed by atoms with E-state index in [4.69, 9.17) is 17.4 Å². The van der Waals surface area contributed by atoms with Crippen LogP contribution in [0, 0.1) is 17.9 Å². The number of hydrogen-bond donors (Lipinski definition) is 2. The molecule has 0 spiro atoms. The fourth-order valence-corrected chi connectivity index (χ4v) is 3.66. The Hall–Kier alpha value is -3.81. The standard InChI is InChI=1S/C21H14N4O2S/c1-24-18-17(14-7-3-2-4-8-14)16(11-22)20(25-19(18)23)28-12-13-6-5-9-15(10-13)21(26)27/h2-10H,12H2,(H2,23,25)(H,26,27). The second-order valence-electron chi connectivity index (χ2n) is 5.78. The molecule has 0 fully saturated rings. The largest absolute Gasteiger partial charge is 0.478 e. The number of benzene rings is 2. The van der Waals surface area contributed by atoms with Crippen LogP contribution in [0.2, 0.25) is 0 Å². The molecule has 0 saturated carbocycles. The fourth-order valence-electron chi connectivity index (χ4n) is 2.72. The maximum absolute atomic E-state index is 11.1. The monoisotopic (exact) mass is 386 g/mol. The number of thioether (sulfide) groups is 1. The van der Waals surface area contributed by atoms with Gasteiger partial charge in [0.2, 0.25) is 5.69 Å². The average molecular weight is 386 g/mol. The van der Waals surface area contributed by atoms with Gasteiger partial charge < -0.3 is 10.8 Å². The van der Waals surface area contributed by atoms with Crippen molar-refractivity contribution >= 4 is 29.2 Å². The van der Waals surface area contributed by atoms with Gasteiger partial charge in [0, 0.05) is 11.3 Å². The Bertz CT molecular complexity index is 1130. The Morgan fingerprint density at radius 1 is 1.25 bits per heavy atom. The number of carboxylic acid groups (broad SMARTS) is 1. The molecule has 1 aromatic heterocycles. The zero-order valence-corrected chi connectivity index (χ0v) is 15.4. The Kier molecular flexibility index (Phi) is 5.59. The number of hydrogen-bond acceptors (Lipinski definition) is 5. The van der Waals surface area contributed by atoms with Crippen molar-refractivity contribution in [2.24, 2.45) is 0 Å². The summed E-state index contributed by atoms with van der Waals surface area (Å²) in [6, 6.07) is 17.9. The van der Waals surface area contributed by atoms with Crippen molar-refractivity contribution in [1.82, 2.24) is 4.98 Å². The summed E-state index contributed by atoms with van der Waals surface area (Å²) in [5.74, 6) is -0.525. The fraction of sp³-hybridized carbons (Fsp3) is 0.0476. The van der Waals surface area contributed by atoms with E-state index in [-0.39, 0.29) is 22.6 Å². The summed E-state index contributed by atoms with van der Waals surface area (Å²) < 4.78 is 0. The van der Waals surface area contributed by atoms with Gasteiger partial charge in [-0.05, 0) is 23.3 Å². The molecular formula is C21H14N4O2S.